The molecule has 15 heavy (non-hydrogen) atoms. The molecule has 1 aliphatic rings. The Morgan fingerprint density at radius 2 is 1.93 bits per heavy atom. The van der Waals surface area contributed by atoms with E-state index in [0.29, 0.717) is 17.5 Å². The van der Waals surface area contributed by atoms with E-state index in [2.05, 4.69) is 0 Å². The Bertz CT molecular complexity index is 426. The van der Waals surface area contributed by atoms with Crippen LogP contribution in [-0.4, -0.2) is 5.78 Å². The molecule has 1 aromatic rings. The van der Waals surface area contributed by atoms with Crippen LogP contribution in [-0.2, 0) is 4.79 Å². The molecule has 80 valence electrons. The molecule has 0 aromatic heterocycles. The van der Waals surface area contributed by atoms with Crippen molar-refractivity contribution < 1.29 is 13.6 Å². The van der Waals surface area contributed by atoms with E-state index in [9.17, 15) is 13.6 Å². The molecule has 1 fully saturated rings. The third-order valence-corrected chi connectivity index (χ3v) is 3.21. The first-order chi connectivity index (χ1) is 7.00. The third-order valence-electron chi connectivity index (χ3n) is 3.21. The van der Waals surface area contributed by atoms with Crippen molar-refractivity contribution in [2.45, 2.75) is 26.2 Å². The van der Waals surface area contributed by atoms with Crippen molar-refractivity contribution in [1.29, 1.82) is 0 Å². The first kappa shape index (κ1) is 10.3. The predicted molar refractivity (Wildman–Crippen MR) is 52.6 cm³/mol. The molecule has 0 radical (unpaired) electrons. The van der Waals surface area contributed by atoms with Crippen LogP contribution in [0.3, 0.4) is 0 Å². The second kappa shape index (κ2) is 3.40. The molecule has 0 aliphatic heterocycles. The summed E-state index contributed by atoms with van der Waals surface area (Å²) in [5, 5.41) is 0. The number of hydrogen-bond acceptors (Lipinski definition) is 1. The minimum Gasteiger partial charge on any atom is -0.299 e. The highest BCUT2D eigenvalue weighted by atomic mass is 19.1. The quantitative estimate of drug-likeness (QED) is 0.696. The molecule has 3 heteroatoms. The number of benzene rings is 1. The van der Waals surface area contributed by atoms with Crippen molar-refractivity contribution in [3.05, 3.63) is 34.9 Å². The maximum atomic E-state index is 13.5. The average Bonchev–Trinajstić information content (AvgIpc) is 2.20. The number of carbonyl (C=O) groups is 1. The minimum atomic E-state index is -0.405. The number of hydrogen-bond donors (Lipinski definition) is 0. The minimum absolute atomic E-state index is 0.125. The van der Waals surface area contributed by atoms with Crippen LogP contribution in [0.2, 0.25) is 0 Å². The van der Waals surface area contributed by atoms with E-state index in [1.165, 1.54) is 19.1 Å². The predicted octanol–water partition coefficient (Wildman–Crippen LogP) is 2.97. The highest BCUT2D eigenvalue weighted by Crippen LogP contribution is 2.40. The molecular formula is C12H12F2O. The lowest BCUT2D eigenvalue weighted by atomic mass is 9.70. The van der Waals surface area contributed by atoms with Gasteiger partial charge in [-0.05, 0) is 30.2 Å². The van der Waals surface area contributed by atoms with E-state index in [-0.39, 0.29) is 17.6 Å². The normalized spacial score (nSPS) is 25.2. The van der Waals surface area contributed by atoms with Crippen molar-refractivity contribution in [1.82, 2.24) is 0 Å². The fourth-order valence-corrected chi connectivity index (χ4v) is 1.97. The van der Waals surface area contributed by atoms with Crippen molar-refractivity contribution in [3.63, 3.8) is 0 Å². The van der Waals surface area contributed by atoms with Crippen LogP contribution < -0.4 is 0 Å². The van der Waals surface area contributed by atoms with Gasteiger partial charge in [-0.1, -0.05) is 6.92 Å². The van der Waals surface area contributed by atoms with Crippen LogP contribution in [0.4, 0.5) is 8.78 Å². The Kier molecular flexibility index (Phi) is 2.33. The van der Waals surface area contributed by atoms with Crippen molar-refractivity contribution in [2.24, 2.45) is 5.92 Å². The molecule has 2 atom stereocenters. The van der Waals surface area contributed by atoms with Crippen molar-refractivity contribution in [3.8, 4) is 0 Å². The molecule has 0 spiro atoms. The molecule has 2 unspecified atom stereocenters. The molecule has 1 nitrogen and oxygen atoms in total. The van der Waals surface area contributed by atoms with Gasteiger partial charge < -0.3 is 0 Å². The standard InChI is InChI=1S/C12H12F2O/c1-6-3-11(14)9(4-10(6)13)8-5-12(15)7(8)2/h3-4,7-8H,5H2,1-2H3. The molecule has 0 amide bonds. The monoisotopic (exact) mass is 210 g/mol. The van der Waals surface area contributed by atoms with Gasteiger partial charge in [0.05, 0.1) is 0 Å². The second-order valence-electron chi connectivity index (χ2n) is 4.19. The number of carbonyl (C=O) groups excluding carboxylic acids is 1. The summed E-state index contributed by atoms with van der Waals surface area (Å²) >= 11 is 0. The van der Waals surface area contributed by atoms with E-state index in [4.69, 9.17) is 0 Å². The van der Waals surface area contributed by atoms with Gasteiger partial charge in [0.1, 0.15) is 17.4 Å². The smallest absolute Gasteiger partial charge is 0.136 e. The molecule has 1 aromatic carbocycles. The summed E-state index contributed by atoms with van der Waals surface area (Å²) in [4.78, 5) is 11.1. The zero-order chi connectivity index (χ0) is 11.2. The van der Waals surface area contributed by atoms with Crippen LogP contribution in [0, 0.1) is 24.5 Å². The highest BCUT2D eigenvalue weighted by molar-refractivity contribution is 5.89. The number of Topliss-reactive ketones (excluding diaryl/α,β-unsaturated/α-hetero) is 1. The van der Waals surface area contributed by atoms with Gasteiger partial charge in [-0.2, -0.15) is 0 Å². The maximum absolute atomic E-state index is 13.5. The number of rotatable bonds is 1. The van der Waals surface area contributed by atoms with E-state index in [1.54, 1.807) is 6.92 Å². The van der Waals surface area contributed by atoms with Crippen LogP contribution in [0.25, 0.3) is 0 Å². The maximum Gasteiger partial charge on any atom is 0.136 e. The lowest BCUT2D eigenvalue weighted by molar-refractivity contribution is -0.130. The first-order valence-corrected chi connectivity index (χ1v) is 4.99. The van der Waals surface area contributed by atoms with Gasteiger partial charge in [0, 0.05) is 18.3 Å². The Hall–Kier alpha value is -1.25. The Balaban J connectivity index is 2.37. The van der Waals surface area contributed by atoms with Gasteiger partial charge in [0.2, 0.25) is 0 Å². The molecular weight excluding hydrogens is 198 g/mol. The fourth-order valence-electron chi connectivity index (χ4n) is 1.97. The van der Waals surface area contributed by atoms with Crippen molar-refractivity contribution >= 4 is 5.78 Å². The van der Waals surface area contributed by atoms with Crippen LogP contribution in [0.15, 0.2) is 12.1 Å². The lowest BCUT2D eigenvalue weighted by Gasteiger charge is -2.32. The highest BCUT2D eigenvalue weighted by Gasteiger charge is 2.38. The van der Waals surface area contributed by atoms with E-state index in [0.717, 1.165) is 0 Å². The first-order valence-electron chi connectivity index (χ1n) is 4.99. The Labute approximate surface area is 87.1 Å². The number of halogens is 2. The summed E-state index contributed by atoms with van der Waals surface area (Å²) in [6.07, 6.45) is 0.334. The molecule has 0 bridgehead atoms. The van der Waals surface area contributed by atoms with Crippen LogP contribution >= 0.6 is 0 Å². The fraction of sp³-hybridized carbons (Fsp3) is 0.417. The van der Waals surface area contributed by atoms with E-state index >= 15 is 0 Å². The molecule has 2 rings (SSSR count). The van der Waals surface area contributed by atoms with Gasteiger partial charge in [0.15, 0.2) is 0 Å². The van der Waals surface area contributed by atoms with E-state index in [1.807, 2.05) is 0 Å². The molecule has 0 heterocycles. The summed E-state index contributed by atoms with van der Waals surface area (Å²) in [5.41, 5.74) is 0.639. The molecule has 0 N–H and O–H groups in total. The second-order valence-corrected chi connectivity index (χ2v) is 4.19. The van der Waals surface area contributed by atoms with Crippen molar-refractivity contribution in [2.75, 3.05) is 0 Å². The Morgan fingerprint density at radius 1 is 1.27 bits per heavy atom. The zero-order valence-electron chi connectivity index (χ0n) is 8.68. The number of aryl methyl sites for hydroxylation is 1. The Morgan fingerprint density at radius 3 is 2.47 bits per heavy atom. The van der Waals surface area contributed by atoms with Gasteiger partial charge >= 0.3 is 0 Å². The van der Waals surface area contributed by atoms with Gasteiger partial charge in [-0.25, -0.2) is 8.78 Å². The molecule has 1 aliphatic carbocycles. The summed E-state index contributed by atoms with van der Waals surface area (Å²) in [6.45, 7) is 3.28. The van der Waals surface area contributed by atoms with Crippen LogP contribution in [0.5, 0.6) is 0 Å². The average molecular weight is 210 g/mol. The summed E-state index contributed by atoms with van der Waals surface area (Å²) in [5.74, 6) is -1.01. The largest absolute Gasteiger partial charge is 0.299 e. The molecule has 1 saturated carbocycles. The summed E-state index contributed by atoms with van der Waals surface area (Å²) in [6, 6.07) is 2.42. The van der Waals surface area contributed by atoms with Crippen LogP contribution in [0.1, 0.15) is 30.4 Å². The van der Waals surface area contributed by atoms with Gasteiger partial charge in [0.25, 0.3) is 0 Å². The van der Waals surface area contributed by atoms with Gasteiger partial charge in [-0.3, -0.25) is 4.79 Å². The zero-order valence-corrected chi connectivity index (χ0v) is 8.68. The SMILES string of the molecule is Cc1cc(F)c(C2CC(=O)C2C)cc1F. The summed E-state index contributed by atoms with van der Waals surface area (Å²) in [7, 11) is 0. The topological polar surface area (TPSA) is 17.1 Å². The lowest BCUT2D eigenvalue weighted by Crippen LogP contribution is -2.33. The summed E-state index contributed by atoms with van der Waals surface area (Å²) < 4.78 is 26.8. The van der Waals surface area contributed by atoms with E-state index < -0.39 is 11.6 Å². The molecule has 0 saturated heterocycles. The third kappa shape index (κ3) is 1.56. The number of ketones is 1. The van der Waals surface area contributed by atoms with Gasteiger partial charge in [-0.15, -0.1) is 0 Å².